The summed E-state index contributed by atoms with van der Waals surface area (Å²) in [6, 6.07) is 23.1. The monoisotopic (exact) mass is 370 g/mol. The van der Waals surface area contributed by atoms with Gasteiger partial charge in [0.25, 0.3) is 5.91 Å². The van der Waals surface area contributed by atoms with Crippen LogP contribution in [0, 0.1) is 0 Å². The molecular formula is C22H18N4O2. The summed E-state index contributed by atoms with van der Waals surface area (Å²) in [5.41, 5.74) is 5.19. The van der Waals surface area contributed by atoms with E-state index in [1.807, 2.05) is 66.7 Å². The van der Waals surface area contributed by atoms with Crippen molar-refractivity contribution in [2.45, 2.75) is 0 Å². The zero-order valence-electron chi connectivity index (χ0n) is 15.2. The third kappa shape index (κ3) is 3.48. The van der Waals surface area contributed by atoms with E-state index >= 15 is 0 Å². The molecule has 0 radical (unpaired) electrons. The van der Waals surface area contributed by atoms with Gasteiger partial charge in [-0.1, -0.05) is 60.7 Å². The van der Waals surface area contributed by atoms with Gasteiger partial charge in [-0.25, -0.2) is 5.43 Å². The van der Waals surface area contributed by atoms with Crippen LogP contribution in [0.2, 0.25) is 0 Å². The molecule has 0 saturated carbocycles. The van der Waals surface area contributed by atoms with Gasteiger partial charge < -0.3 is 4.74 Å². The van der Waals surface area contributed by atoms with E-state index in [0.29, 0.717) is 17.1 Å². The molecule has 1 heterocycles. The second-order valence-electron chi connectivity index (χ2n) is 6.14. The highest BCUT2D eigenvalue weighted by molar-refractivity contribution is 6.00. The van der Waals surface area contributed by atoms with Gasteiger partial charge in [0.2, 0.25) is 0 Å². The van der Waals surface area contributed by atoms with Crippen molar-refractivity contribution in [2.75, 3.05) is 7.11 Å². The minimum absolute atomic E-state index is 0.315. The van der Waals surface area contributed by atoms with Gasteiger partial charge in [0.05, 0.1) is 24.6 Å². The fourth-order valence-electron chi connectivity index (χ4n) is 3.02. The lowest BCUT2D eigenvalue weighted by molar-refractivity contribution is 0.0950. The first kappa shape index (κ1) is 17.5. The van der Waals surface area contributed by atoms with E-state index in [0.717, 1.165) is 21.9 Å². The summed E-state index contributed by atoms with van der Waals surface area (Å²) in [5.74, 6) is 0.324. The Morgan fingerprint density at radius 2 is 1.86 bits per heavy atom. The van der Waals surface area contributed by atoms with Crippen molar-refractivity contribution in [1.29, 1.82) is 0 Å². The molecule has 6 nitrogen and oxygen atoms in total. The van der Waals surface area contributed by atoms with Crippen molar-refractivity contribution >= 4 is 22.9 Å². The maximum Gasteiger partial charge on any atom is 0.289 e. The van der Waals surface area contributed by atoms with Crippen molar-refractivity contribution in [3.63, 3.8) is 0 Å². The number of aromatic nitrogens is 2. The van der Waals surface area contributed by atoms with Crippen LogP contribution in [0.25, 0.3) is 22.0 Å². The summed E-state index contributed by atoms with van der Waals surface area (Å²) in [5, 5.41) is 13.2. The number of ether oxygens (including phenoxy) is 1. The Morgan fingerprint density at radius 1 is 1.07 bits per heavy atom. The van der Waals surface area contributed by atoms with E-state index in [1.165, 1.54) is 0 Å². The summed E-state index contributed by atoms with van der Waals surface area (Å²) >= 11 is 0. The van der Waals surface area contributed by atoms with E-state index < -0.39 is 0 Å². The van der Waals surface area contributed by atoms with E-state index in [1.54, 1.807) is 19.4 Å². The normalized spacial score (nSPS) is 11.0. The number of fused-ring (bicyclic) bond motifs is 1. The maximum atomic E-state index is 12.4. The quantitative estimate of drug-likeness (QED) is 0.412. The summed E-state index contributed by atoms with van der Waals surface area (Å²) in [7, 11) is 1.62. The molecule has 0 bridgehead atoms. The number of carbonyl (C=O) groups is 1. The SMILES string of the molecule is COc1ccc2ccccc2c1-c1cc(C(=O)NN=Cc2ccccc2)[nH]n1. The Kier molecular flexibility index (Phi) is 4.84. The van der Waals surface area contributed by atoms with Crippen LogP contribution >= 0.6 is 0 Å². The van der Waals surface area contributed by atoms with Crippen molar-refractivity contribution in [1.82, 2.24) is 15.6 Å². The van der Waals surface area contributed by atoms with Gasteiger partial charge >= 0.3 is 0 Å². The van der Waals surface area contributed by atoms with Gasteiger partial charge in [0.15, 0.2) is 0 Å². The minimum atomic E-state index is -0.370. The Balaban J connectivity index is 1.60. The first-order valence-electron chi connectivity index (χ1n) is 8.76. The van der Waals surface area contributed by atoms with Gasteiger partial charge in [0.1, 0.15) is 11.4 Å². The molecule has 0 saturated heterocycles. The van der Waals surface area contributed by atoms with Gasteiger partial charge in [-0.05, 0) is 28.5 Å². The molecule has 138 valence electrons. The smallest absolute Gasteiger partial charge is 0.289 e. The Bertz CT molecular complexity index is 1150. The Hall–Kier alpha value is -3.93. The number of hydrazone groups is 1. The van der Waals surface area contributed by atoms with Crippen molar-refractivity contribution in [2.24, 2.45) is 5.10 Å². The van der Waals surface area contributed by atoms with Crippen LogP contribution < -0.4 is 10.2 Å². The number of methoxy groups -OCH3 is 1. The highest BCUT2D eigenvalue weighted by Gasteiger charge is 2.16. The molecule has 4 aromatic rings. The summed E-state index contributed by atoms with van der Waals surface area (Å²) in [6.45, 7) is 0. The Labute approximate surface area is 161 Å². The minimum Gasteiger partial charge on any atom is -0.496 e. The number of hydrogen-bond donors (Lipinski definition) is 2. The standard InChI is InChI=1S/C22H18N4O2/c1-28-20-12-11-16-9-5-6-10-17(16)21(20)18-13-19(25-24-18)22(27)26-23-14-15-7-3-2-4-8-15/h2-14H,1H3,(H,24,25)(H,26,27). The van der Waals surface area contributed by atoms with Crippen LogP contribution in [-0.2, 0) is 0 Å². The lowest BCUT2D eigenvalue weighted by Crippen LogP contribution is -2.17. The average Bonchev–Trinajstić information content (AvgIpc) is 3.23. The van der Waals surface area contributed by atoms with Crippen LogP contribution in [0.15, 0.2) is 77.9 Å². The second kappa shape index (κ2) is 7.75. The van der Waals surface area contributed by atoms with E-state index in [2.05, 4.69) is 20.7 Å². The number of hydrogen-bond acceptors (Lipinski definition) is 4. The van der Waals surface area contributed by atoms with Crippen LogP contribution in [0.4, 0.5) is 0 Å². The van der Waals surface area contributed by atoms with Gasteiger partial charge in [-0.3, -0.25) is 9.89 Å². The lowest BCUT2D eigenvalue weighted by atomic mass is 10.0. The number of nitrogens with one attached hydrogen (secondary N) is 2. The van der Waals surface area contributed by atoms with E-state index in [-0.39, 0.29) is 5.91 Å². The number of rotatable bonds is 5. The van der Waals surface area contributed by atoms with Gasteiger partial charge in [-0.15, -0.1) is 0 Å². The molecule has 0 aliphatic heterocycles. The fourth-order valence-corrected chi connectivity index (χ4v) is 3.02. The topological polar surface area (TPSA) is 79.4 Å². The molecule has 1 amide bonds. The first-order chi connectivity index (χ1) is 13.8. The zero-order chi connectivity index (χ0) is 19.3. The molecule has 6 heteroatoms. The van der Waals surface area contributed by atoms with Crippen LogP contribution in [0.3, 0.4) is 0 Å². The number of nitrogens with zero attached hydrogens (tertiary/aromatic N) is 2. The van der Waals surface area contributed by atoms with Crippen molar-refractivity contribution in [3.8, 4) is 17.0 Å². The van der Waals surface area contributed by atoms with Crippen LogP contribution in [-0.4, -0.2) is 29.4 Å². The number of amides is 1. The third-order valence-corrected chi connectivity index (χ3v) is 4.37. The number of aromatic amines is 1. The van der Waals surface area contributed by atoms with Gasteiger partial charge in [-0.2, -0.15) is 10.2 Å². The molecule has 0 atom stereocenters. The predicted octanol–water partition coefficient (Wildman–Crippen LogP) is 4.00. The molecular weight excluding hydrogens is 352 g/mol. The second-order valence-corrected chi connectivity index (χ2v) is 6.14. The maximum absolute atomic E-state index is 12.4. The molecule has 0 spiro atoms. The molecule has 2 N–H and O–H groups in total. The van der Waals surface area contributed by atoms with Crippen molar-refractivity contribution < 1.29 is 9.53 Å². The third-order valence-electron chi connectivity index (χ3n) is 4.37. The van der Waals surface area contributed by atoms with E-state index in [4.69, 9.17) is 4.74 Å². The van der Waals surface area contributed by atoms with Crippen molar-refractivity contribution in [3.05, 3.63) is 84.1 Å². The molecule has 0 aliphatic rings. The molecule has 0 fully saturated rings. The largest absolute Gasteiger partial charge is 0.496 e. The fraction of sp³-hybridized carbons (Fsp3) is 0.0455. The number of benzene rings is 3. The van der Waals surface area contributed by atoms with Crippen LogP contribution in [0.1, 0.15) is 16.1 Å². The van der Waals surface area contributed by atoms with Crippen LogP contribution in [0.5, 0.6) is 5.75 Å². The molecule has 28 heavy (non-hydrogen) atoms. The highest BCUT2D eigenvalue weighted by Crippen LogP contribution is 2.36. The zero-order valence-corrected chi connectivity index (χ0v) is 15.2. The molecule has 0 aliphatic carbocycles. The summed E-state index contributed by atoms with van der Waals surface area (Å²) in [6.07, 6.45) is 1.59. The average molecular weight is 370 g/mol. The molecule has 0 unspecified atom stereocenters. The summed E-state index contributed by atoms with van der Waals surface area (Å²) in [4.78, 5) is 12.4. The Morgan fingerprint density at radius 3 is 2.68 bits per heavy atom. The highest BCUT2D eigenvalue weighted by atomic mass is 16.5. The molecule has 4 rings (SSSR count). The number of H-pyrrole nitrogens is 1. The molecule has 1 aromatic heterocycles. The molecule has 3 aromatic carbocycles. The van der Waals surface area contributed by atoms with Gasteiger partial charge in [0, 0.05) is 0 Å². The number of carbonyl (C=O) groups excluding carboxylic acids is 1. The first-order valence-corrected chi connectivity index (χ1v) is 8.76. The lowest BCUT2D eigenvalue weighted by Gasteiger charge is -2.09. The summed E-state index contributed by atoms with van der Waals surface area (Å²) < 4.78 is 5.51. The van der Waals surface area contributed by atoms with E-state index in [9.17, 15) is 4.79 Å². The predicted molar refractivity (Wildman–Crippen MR) is 110 cm³/mol.